The van der Waals surface area contributed by atoms with E-state index in [0.717, 1.165) is 31.7 Å². The van der Waals surface area contributed by atoms with Crippen molar-refractivity contribution in [3.8, 4) is 11.5 Å². The molecular weight excluding hydrogens is 321 g/mol. The molecule has 1 unspecified atom stereocenters. The number of hydrogen-bond donors (Lipinski definition) is 0. The molecule has 23 heavy (non-hydrogen) atoms. The molecular formula is C16H22FNO4S. The predicted octanol–water partition coefficient (Wildman–Crippen LogP) is 2.79. The van der Waals surface area contributed by atoms with E-state index in [-0.39, 0.29) is 28.5 Å². The largest absolute Gasteiger partial charge is 0.493 e. The molecule has 0 N–H and O–H groups in total. The standard InChI is InChI=1S/C16H22FNO4S/c1-10(11-4-5-11)18(12-6-7-12)23(19,20)16-9-15(22-3)14(21-2)8-13(16)17/h8-12H,4-7H2,1-3H3. The lowest BCUT2D eigenvalue weighted by molar-refractivity contribution is 0.299. The van der Waals surface area contributed by atoms with Gasteiger partial charge in [0, 0.05) is 24.2 Å². The summed E-state index contributed by atoms with van der Waals surface area (Å²) in [5, 5.41) is 0. The molecule has 2 aliphatic carbocycles. The molecule has 2 saturated carbocycles. The van der Waals surface area contributed by atoms with Gasteiger partial charge in [-0.3, -0.25) is 0 Å². The minimum Gasteiger partial charge on any atom is -0.493 e. The van der Waals surface area contributed by atoms with Gasteiger partial charge in [-0.25, -0.2) is 12.8 Å². The van der Waals surface area contributed by atoms with Crippen LogP contribution < -0.4 is 9.47 Å². The van der Waals surface area contributed by atoms with Crippen molar-refractivity contribution in [3.05, 3.63) is 17.9 Å². The van der Waals surface area contributed by atoms with Crippen LogP contribution >= 0.6 is 0 Å². The Morgan fingerprint density at radius 2 is 1.70 bits per heavy atom. The summed E-state index contributed by atoms with van der Waals surface area (Å²) >= 11 is 0. The van der Waals surface area contributed by atoms with Crippen LogP contribution in [0.1, 0.15) is 32.6 Å². The summed E-state index contributed by atoms with van der Waals surface area (Å²) < 4.78 is 52.2. The highest BCUT2D eigenvalue weighted by Crippen LogP contribution is 2.43. The van der Waals surface area contributed by atoms with Gasteiger partial charge in [0.25, 0.3) is 0 Å². The van der Waals surface area contributed by atoms with E-state index in [9.17, 15) is 12.8 Å². The molecule has 1 atom stereocenters. The molecule has 1 aromatic rings. The monoisotopic (exact) mass is 343 g/mol. The molecule has 2 fully saturated rings. The van der Waals surface area contributed by atoms with E-state index in [1.165, 1.54) is 24.6 Å². The first-order valence-electron chi connectivity index (χ1n) is 7.85. The Balaban J connectivity index is 2.03. The van der Waals surface area contributed by atoms with Gasteiger partial charge in [0.15, 0.2) is 11.5 Å². The highest BCUT2D eigenvalue weighted by atomic mass is 32.2. The first-order chi connectivity index (χ1) is 10.9. The maximum atomic E-state index is 14.4. The van der Waals surface area contributed by atoms with Crippen molar-refractivity contribution in [2.24, 2.45) is 5.92 Å². The summed E-state index contributed by atoms with van der Waals surface area (Å²) in [6.07, 6.45) is 3.75. The molecule has 0 aliphatic heterocycles. The summed E-state index contributed by atoms with van der Waals surface area (Å²) in [6, 6.07) is 2.18. The number of methoxy groups -OCH3 is 2. The van der Waals surface area contributed by atoms with Gasteiger partial charge in [-0.2, -0.15) is 4.31 Å². The topological polar surface area (TPSA) is 55.8 Å². The van der Waals surface area contributed by atoms with Crippen molar-refractivity contribution in [1.82, 2.24) is 4.31 Å². The fraction of sp³-hybridized carbons (Fsp3) is 0.625. The molecule has 0 bridgehead atoms. The number of sulfonamides is 1. The van der Waals surface area contributed by atoms with Crippen LogP contribution in [0.25, 0.3) is 0 Å². The second-order valence-electron chi connectivity index (χ2n) is 6.28. The molecule has 0 spiro atoms. The van der Waals surface area contributed by atoms with E-state index >= 15 is 0 Å². The Morgan fingerprint density at radius 1 is 1.13 bits per heavy atom. The maximum absolute atomic E-state index is 14.4. The lowest BCUT2D eigenvalue weighted by Gasteiger charge is -2.29. The minimum absolute atomic E-state index is 0.0110. The fourth-order valence-electron chi connectivity index (χ4n) is 3.01. The average molecular weight is 343 g/mol. The van der Waals surface area contributed by atoms with Crippen LogP contribution in [0.3, 0.4) is 0 Å². The summed E-state index contributed by atoms with van der Waals surface area (Å²) in [7, 11) is -1.12. The van der Waals surface area contributed by atoms with Crippen molar-refractivity contribution in [2.75, 3.05) is 14.2 Å². The summed E-state index contributed by atoms with van der Waals surface area (Å²) in [6.45, 7) is 1.92. The molecule has 0 saturated heterocycles. The number of ether oxygens (including phenoxy) is 2. The van der Waals surface area contributed by atoms with Crippen LogP contribution in [-0.4, -0.2) is 39.0 Å². The zero-order valence-electron chi connectivity index (χ0n) is 13.6. The Hall–Kier alpha value is -1.34. The van der Waals surface area contributed by atoms with E-state index in [1.807, 2.05) is 6.92 Å². The third-order valence-electron chi connectivity index (χ3n) is 4.61. The van der Waals surface area contributed by atoms with E-state index in [2.05, 4.69) is 0 Å². The van der Waals surface area contributed by atoms with Crippen molar-refractivity contribution >= 4 is 10.0 Å². The van der Waals surface area contributed by atoms with Crippen LogP contribution in [-0.2, 0) is 10.0 Å². The van der Waals surface area contributed by atoms with Gasteiger partial charge in [-0.1, -0.05) is 0 Å². The lowest BCUT2D eigenvalue weighted by atomic mass is 10.2. The van der Waals surface area contributed by atoms with E-state index in [4.69, 9.17) is 9.47 Å². The van der Waals surface area contributed by atoms with Gasteiger partial charge in [-0.05, 0) is 38.5 Å². The second kappa shape index (κ2) is 5.94. The van der Waals surface area contributed by atoms with Gasteiger partial charge in [0.1, 0.15) is 10.7 Å². The smallest absolute Gasteiger partial charge is 0.246 e. The number of halogens is 1. The molecule has 5 nitrogen and oxygen atoms in total. The molecule has 0 heterocycles. The normalized spacial score (nSPS) is 19.7. The van der Waals surface area contributed by atoms with Crippen molar-refractivity contribution in [2.45, 2.75) is 49.6 Å². The Labute approximate surface area is 136 Å². The summed E-state index contributed by atoms with van der Waals surface area (Å²) in [5.74, 6) is -0.0377. The molecule has 3 rings (SSSR count). The quantitative estimate of drug-likeness (QED) is 0.764. The van der Waals surface area contributed by atoms with Crippen LogP contribution in [0.2, 0.25) is 0 Å². The third-order valence-corrected chi connectivity index (χ3v) is 6.66. The molecule has 0 radical (unpaired) electrons. The van der Waals surface area contributed by atoms with Crippen LogP contribution in [0.15, 0.2) is 17.0 Å². The van der Waals surface area contributed by atoms with Crippen LogP contribution in [0, 0.1) is 11.7 Å². The highest BCUT2D eigenvalue weighted by molar-refractivity contribution is 7.89. The number of nitrogens with zero attached hydrogens (tertiary/aromatic N) is 1. The zero-order valence-corrected chi connectivity index (χ0v) is 14.4. The zero-order chi connectivity index (χ0) is 16.8. The van der Waals surface area contributed by atoms with E-state index < -0.39 is 15.8 Å². The molecule has 0 aromatic heterocycles. The number of benzene rings is 1. The highest BCUT2D eigenvalue weighted by Gasteiger charge is 2.46. The second-order valence-corrected chi connectivity index (χ2v) is 8.09. The first-order valence-corrected chi connectivity index (χ1v) is 9.29. The maximum Gasteiger partial charge on any atom is 0.246 e. The molecule has 0 amide bonds. The van der Waals surface area contributed by atoms with Gasteiger partial charge in [0.2, 0.25) is 10.0 Å². The molecule has 7 heteroatoms. The average Bonchev–Trinajstić information content (AvgIpc) is 3.37. The van der Waals surface area contributed by atoms with Crippen molar-refractivity contribution in [3.63, 3.8) is 0 Å². The molecule has 2 aliphatic rings. The SMILES string of the molecule is COc1cc(F)c(S(=O)(=O)N(C2CC2)C(C)C2CC2)cc1OC. The predicted molar refractivity (Wildman–Crippen MR) is 83.7 cm³/mol. The summed E-state index contributed by atoms with van der Waals surface area (Å²) in [5.41, 5.74) is 0. The molecule has 128 valence electrons. The number of hydrogen-bond acceptors (Lipinski definition) is 4. The van der Waals surface area contributed by atoms with Crippen molar-refractivity contribution < 1.29 is 22.3 Å². The van der Waals surface area contributed by atoms with Crippen LogP contribution in [0.5, 0.6) is 11.5 Å². The van der Waals surface area contributed by atoms with Gasteiger partial charge in [0.05, 0.1) is 14.2 Å². The first kappa shape index (κ1) is 16.5. The van der Waals surface area contributed by atoms with Gasteiger partial charge >= 0.3 is 0 Å². The molecule has 1 aromatic carbocycles. The third kappa shape index (κ3) is 3.04. The van der Waals surface area contributed by atoms with E-state index in [1.54, 1.807) is 0 Å². The summed E-state index contributed by atoms with van der Waals surface area (Å²) in [4.78, 5) is -0.338. The van der Waals surface area contributed by atoms with Gasteiger partial charge < -0.3 is 9.47 Å². The minimum atomic E-state index is -3.91. The van der Waals surface area contributed by atoms with Gasteiger partial charge in [-0.15, -0.1) is 0 Å². The Bertz CT molecular complexity index is 698. The Kier molecular flexibility index (Phi) is 4.27. The number of rotatable bonds is 7. The lowest BCUT2D eigenvalue weighted by Crippen LogP contribution is -2.41. The Morgan fingerprint density at radius 3 is 2.17 bits per heavy atom. The fourth-order valence-corrected chi connectivity index (χ4v) is 5.01. The van der Waals surface area contributed by atoms with Crippen molar-refractivity contribution in [1.29, 1.82) is 0 Å². The van der Waals surface area contributed by atoms with E-state index in [0.29, 0.717) is 5.92 Å². The van der Waals surface area contributed by atoms with Crippen LogP contribution in [0.4, 0.5) is 4.39 Å².